The lowest BCUT2D eigenvalue weighted by molar-refractivity contribution is -0.130. The number of aromatic nitrogens is 2. The van der Waals surface area contributed by atoms with Gasteiger partial charge >= 0.3 is 6.55 Å². The Morgan fingerprint density at radius 1 is 1.43 bits per heavy atom. The van der Waals surface area contributed by atoms with Crippen molar-refractivity contribution in [3.8, 4) is 5.75 Å². The zero-order valence-electron chi connectivity index (χ0n) is 13.1. The summed E-state index contributed by atoms with van der Waals surface area (Å²) in [6.07, 6.45) is 3.35. The number of benzene rings is 1. The number of halogens is 2. The number of rotatable bonds is 7. The molecule has 23 heavy (non-hydrogen) atoms. The van der Waals surface area contributed by atoms with Crippen LogP contribution in [0.3, 0.4) is 0 Å². The Balaban J connectivity index is 1.91. The molecule has 0 aliphatic rings. The van der Waals surface area contributed by atoms with Crippen LogP contribution in [0.25, 0.3) is 0 Å². The van der Waals surface area contributed by atoms with Gasteiger partial charge in [0.1, 0.15) is 11.6 Å². The summed E-state index contributed by atoms with van der Waals surface area (Å²) in [5.41, 5.74) is 0.986. The van der Waals surface area contributed by atoms with Crippen LogP contribution in [-0.4, -0.2) is 34.5 Å². The molecule has 1 amide bonds. The van der Waals surface area contributed by atoms with Gasteiger partial charge in [-0.3, -0.25) is 9.36 Å². The first-order valence-corrected chi connectivity index (χ1v) is 7.18. The number of imidazole rings is 1. The molecule has 1 heterocycles. The zero-order chi connectivity index (χ0) is 16.8. The Hall–Kier alpha value is -2.44. The van der Waals surface area contributed by atoms with Gasteiger partial charge in [0, 0.05) is 25.9 Å². The molecule has 0 unspecified atom stereocenters. The number of carbonyl (C=O) groups is 1. The highest BCUT2D eigenvalue weighted by molar-refractivity contribution is 5.76. The van der Waals surface area contributed by atoms with E-state index in [4.69, 9.17) is 4.74 Å². The second-order valence-electron chi connectivity index (χ2n) is 5.13. The Morgan fingerprint density at radius 3 is 2.91 bits per heavy atom. The predicted octanol–water partition coefficient (Wildman–Crippen LogP) is 2.88. The van der Waals surface area contributed by atoms with Crippen LogP contribution >= 0.6 is 0 Å². The summed E-state index contributed by atoms with van der Waals surface area (Å²) in [6, 6.07) is 7.49. The van der Waals surface area contributed by atoms with Crippen molar-refractivity contribution in [1.82, 2.24) is 14.5 Å². The number of hydrogen-bond acceptors (Lipinski definition) is 3. The van der Waals surface area contributed by atoms with Crippen molar-refractivity contribution in [2.45, 2.75) is 25.9 Å². The second kappa shape index (κ2) is 7.71. The van der Waals surface area contributed by atoms with E-state index in [0.29, 0.717) is 12.8 Å². The third-order valence-electron chi connectivity index (χ3n) is 3.53. The lowest BCUT2D eigenvalue weighted by Crippen LogP contribution is -2.28. The largest absolute Gasteiger partial charge is 0.497 e. The van der Waals surface area contributed by atoms with Gasteiger partial charge in [0.05, 0.1) is 13.7 Å². The molecule has 0 radical (unpaired) electrons. The maximum Gasteiger partial charge on any atom is 0.319 e. The van der Waals surface area contributed by atoms with Crippen molar-refractivity contribution >= 4 is 5.91 Å². The molecule has 0 spiro atoms. The number of ether oxygens (including phenoxy) is 1. The summed E-state index contributed by atoms with van der Waals surface area (Å²) in [5, 5.41) is 0. The molecule has 7 heteroatoms. The molecule has 0 saturated carbocycles. The monoisotopic (exact) mass is 323 g/mol. The molecular formula is C16H19F2N3O2. The van der Waals surface area contributed by atoms with E-state index in [1.54, 1.807) is 14.2 Å². The van der Waals surface area contributed by atoms with Gasteiger partial charge in [0.25, 0.3) is 0 Å². The minimum absolute atomic E-state index is 0.0499. The van der Waals surface area contributed by atoms with Crippen LogP contribution in [0.2, 0.25) is 0 Å². The number of aryl methyl sites for hydroxylation is 1. The normalized spacial score (nSPS) is 10.8. The Labute approximate surface area is 133 Å². The van der Waals surface area contributed by atoms with Gasteiger partial charge in [-0.15, -0.1) is 0 Å². The first-order valence-electron chi connectivity index (χ1n) is 7.18. The molecule has 2 aromatic rings. The van der Waals surface area contributed by atoms with E-state index in [-0.39, 0.29) is 18.3 Å². The average Bonchev–Trinajstić information content (AvgIpc) is 3.01. The molecular weight excluding hydrogens is 304 g/mol. The third kappa shape index (κ3) is 4.51. The number of methoxy groups -OCH3 is 1. The number of alkyl halides is 2. The molecule has 1 aromatic carbocycles. The number of carbonyl (C=O) groups excluding carboxylic acids is 1. The molecule has 0 aliphatic heterocycles. The third-order valence-corrected chi connectivity index (χ3v) is 3.53. The number of nitrogens with zero attached hydrogens (tertiary/aromatic N) is 3. The van der Waals surface area contributed by atoms with Crippen LogP contribution in [0.5, 0.6) is 5.75 Å². The summed E-state index contributed by atoms with van der Waals surface area (Å²) >= 11 is 0. The van der Waals surface area contributed by atoms with Gasteiger partial charge in [-0.1, -0.05) is 12.1 Å². The fourth-order valence-electron chi connectivity index (χ4n) is 2.21. The summed E-state index contributed by atoms with van der Waals surface area (Å²) in [5.74, 6) is 0.774. The lowest BCUT2D eigenvalue weighted by Gasteiger charge is -2.17. The lowest BCUT2D eigenvalue weighted by atomic mass is 10.1. The fourth-order valence-corrected chi connectivity index (χ4v) is 2.21. The van der Waals surface area contributed by atoms with Gasteiger partial charge in [0.15, 0.2) is 0 Å². The first-order chi connectivity index (χ1) is 11.0. The zero-order valence-corrected chi connectivity index (χ0v) is 13.1. The van der Waals surface area contributed by atoms with Crippen LogP contribution < -0.4 is 4.74 Å². The van der Waals surface area contributed by atoms with Crippen LogP contribution in [-0.2, 0) is 17.8 Å². The maximum absolute atomic E-state index is 12.8. The average molecular weight is 323 g/mol. The Kier molecular flexibility index (Phi) is 5.67. The van der Waals surface area contributed by atoms with Crippen molar-refractivity contribution in [3.05, 3.63) is 48.0 Å². The molecule has 0 bridgehead atoms. The summed E-state index contributed by atoms with van der Waals surface area (Å²) in [6.45, 7) is -2.61. The van der Waals surface area contributed by atoms with Gasteiger partial charge < -0.3 is 9.64 Å². The second-order valence-corrected chi connectivity index (χ2v) is 5.13. The van der Waals surface area contributed by atoms with E-state index in [0.717, 1.165) is 15.9 Å². The van der Waals surface area contributed by atoms with E-state index >= 15 is 0 Å². The predicted molar refractivity (Wildman–Crippen MR) is 81.3 cm³/mol. The minimum Gasteiger partial charge on any atom is -0.497 e. The Bertz CT molecular complexity index is 658. The molecule has 0 aliphatic carbocycles. The first kappa shape index (κ1) is 16.9. The van der Waals surface area contributed by atoms with Crippen molar-refractivity contribution < 1.29 is 18.3 Å². The van der Waals surface area contributed by atoms with Crippen LogP contribution in [0.15, 0.2) is 36.7 Å². The van der Waals surface area contributed by atoms with E-state index in [1.165, 1.54) is 17.3 Å². The molecule has 0 atom stereocenters. The van der Waals surface area contributed by atoms with Crippen molar-refractivity contribution in [2.24, 2.45) is 0 Å². The smallest absolute Gasteiger partial charge is 0.319 e. The molecule has 0 fully saturated rings. The van der Waals surface area contributed by atoms with Crippen LogP contribution in [0.4, 0.5) is 8.78 Å². The Morgan fingerprint density at radius 2 is 2.22 bits per heavy atom. The number of hydrogen-bond donors (Lipinski definition) is 0. The highest BCUT2D eigenvalue weighted by Gasteiger charge is 2.16. The molecule has 0 saturated heterocycles. The van der Waals surface area contributed by atoms with Gasteiger partial charge in [-0.05, 0) is 24.1 Å². The fraction of sp³-hybridized carbons (Fsp3) is 0.375. The summed E-state index contributed by atoms with van der Waals surface area (Å²) < 4.78 is 31.4. The minimum atomic E-state index is -2.66. The number of amides is 1. The molecule has 5 nitrogen and oxygen atoms in total. The highest BCUT2D eigenvalue weighted by atomic mass is 19.3. The van der Waals surface area contributed by atoms with E-state index < -0.39 is 6.55 Å². The summed E-state index contributed by atoms with van der Waals surface area (Å²) in [4.78, 5) is 17.4. The van der Waals surface area contributed by atoms with Crippen molar-refractivity contribution in [1.29, 1.82) is 0 Å². The molecule has 124 valence electrons. The van der Waals surface area contributed by atoms with Gasteiger partial charge in [0.2, 0.25) is 5.91 Å². The molecule has 1 aromatic heterocycles. The van der Waals surface area contributed by atoms with Crippen LogP contribution in [0.1, 0.15) is 24.4 Å². The van der Waals surface area contributed by atoms with Gasteiger partial charge in [-0.25, -0.2) is 4.98 Å². The highest BCUT2D eigenvalue weighted by Crippen LogP contribution is 2.16. The topological polar surface area (TPSA) is 47.4 Å². The van der Waals surface area contributed by atoms with E-state index in [9.17, 15) is 13.6 Å². The van der Waals surface area contributed by atoms with Crippen molar-refractivity contribution in [2.75, 3.05) is 14.2 Å². The quantitative estimate of drug-likeness (QED) is 0.787. The maximum atomic E-state index is 12.8. The van der Waals surface area contributed by atoms with E-state index in [2.05, 4.69) is 4.98 Å². The molecule has 2 rings (SSSR count). The standard InChI is InChI=1S/C16H19F2N3O2/c1-20(11-14-19-8-9-21(14)16(17)18)15(22)7-6-12-4-3-5-13(10-12)23-2/h3-5,8-10,16H,6-7,11H2,1-2H3. The van der Waals surface area contributed by atoms with Gasteiger partial charge in [-0.2, -0.15) is 8.78 Å². The van der Waals surface area contributed by atoms with Crippen molar-refractivity contribution in [3.63, 3.8) is 0 Å². The van der Waals surface area contributed by atoms with Crippen LogP contribution in [0, 0.1) is 0 Å². The van der Waals surface area contributed by atoms with E-state index in [1.807, 2.05) is 24.3 Å². The SMILES string of the molecule is COc1cccc(CCC(=O)N(C)Cc2nccn2C(F)F)c1. The summed E-state index contributed by atoms with van der Waals surface area (Å²) in [7, 11) is 3.17. The molecule has 0 N–H and O–H groups in total.